The van der Waals surface area contributed by atoms with Crippen molar-refractivity contribution >= 4 is 47.6 Å². The number of anilines is 1. The van der Waals surface area contributed by atoms with Crippen LogP contribution in [0.15, 0.2) is 26.0 Å². The number of methoxy groups -OCH3 is 1. The number of halogens is 2. The normalized spacial score (nSPS) is 17.8. The molecule has 8 heteroatoms. The van der Waals surface area contributed by atoms with Gasteiger partial charge in [-0.15, -0.1) is 0 Å². The Kier molecular flexibility index (Phi) is 4.80. The van der Waals surface area contributed by atoms with Crippen LogP contribution >= 0.6 is 31.9 Å². The van der Waals surface area contributed by atoms with E-state index in [2.05, 4.69) is 36.6 Å². The van der Waals surface area contributed by atoms with E-state index in [0.717, 1.165) is 19.3 Å². The second kappa shape index (κ2) is 5.92. The minimum Gasteiger partial charge on any atom is -0.398 e. The van der Waals surface area contributed by atoms with Crippen molar-refractivity contribution in [2.45, 2.75) is 29.8 Å². The molecule has 0 atom stereocenters. The Bertz CT molecular complexity index is 587. The van der Waals surface area contributed by atoms with Gasteiger partial charge in [-0.2, -0.15) is 0 Å². The zero-order valence-corrected chi connectivity index (χ0v) is 14.9. The Labute approximate surface area is 135 Å². The van der Waals surface area contributed by atoms with Gasteiger partial charge in [0.25, 0.3) is 0 Å². The molecule has 0 radical (unpaired) electrons. The molecule has 1 aliphatic carbocycles. The molecule has 0 unspecified atom stereocenters. The lowest BCUT2D eigenvalue weighted by molar-refractivity contribution is -0.0659. The van der Waals surface area contributed by atoms with Crippen molar-refractivity contribution in [2.75, 3.05) is 19.4 Å². The molecule has 2 rings (SSSR count). The highest BCUT2D eigenvalue weighted by Crippen LogP contribution is 2.36. The molecule has 3 N–H and O–H groups in total. The van der Waals surface area contributed by atoms with Gasteiger partial charge < -0.3 is 10.5 Å². The van der Waals surface area contributed by atoms with E-state index in [4.69, 9.17) is 10.5 Å². The fourth-order valence-electron chi connectivity index (χ4n) is 2.19. The summed E-state index contributed by atoms with van der Waals surface area (Å²) in [5.41, 5.74) is 5.64. The Hall–Kier alpha value is -0.150. The highest BCUT2D eigenvalue weighted by Gasteiger charge is 2.38. The first-order valence-corrected chi connectivity index (χ1v) is 9.16. The summed E-state index contributed by atoms with van der Waals surface area (Å²) in [4.78, 5) is 0.0614. The van der Waals surface area contributed by atoms with Gasteiger partial charge in [-0.3, -0.25) is 0 Å². The number of sulfonamides is 1. The molecule has 1 saturated carbocycles. The molecule has 1 fully saturated rings. The van der Waals surface area contributed by atoms with E-state index < -0.39 is 10.0 Å². The summed E-state index contributed by atoms with van der Waals surface area (Å²) in [6, 6.07) is 3.22. The summed E-state index contributed by atoms with van der Waals surface area (Å²) in [5.74, 6) is 0. The highest BCUT2D eigenvalue weighted by atomic mass is 79.9. The Morgan fingerprint density at radius 1 is 1.40 bits per heavy atom. The fraction of sp³-hybridized carbons (Fsp3) is 0.500. The smallest absolute Gasteiger partial charge is 0.243 e. The third-order valence-corrected chi connectivity index (χ3v) is 6.45. The van der Waals surface area contributed by atoms with E-state index in [1.165, 1.54) is 0 Å². The zero-order chi connectivity index (χ0) is 15.0. The molecule has 0 spiro atoms. The maximum atomic E-state index is 12.4. The molecule has 1 aromatic carbocycles. The van der Waals surface area contributed by atoms with Crippen LogP contribution in [0.25, 0.3) is 0 Å². The van der Waals surface area contributed by atoms with E-state index in [9.17, 15) is 8.42 Å². The average molecular weight is 428 g/mol. The average Bonchev–Trinajstić information content (AvgIpc) is 2.25. The van der Waals surface area contributed by atoms with Gasteiger partial charge in [0, 0.05) is 22.6 Å². The topological polar surface area (TPSA) is 81.4 Å². The molecular weight excluding hydrogens is 412 g/mol. The van der Waals surface area contributed by atoms with Gasteiger partial charge in [-0.05, 0) is 47.3 Å². The van der Waals surface area contributed by atoms with Crippen molar-refractivity contribution < 1.29 is 13.2 Å². The van der Waals surface area contributed by atoms with Gasteiger partial charge in [0.1, 0.15) is 4.90 Å². The monoisotopic (exact) mass is 426 g/mol. The highest BCUT2D eigenvalue weighted by molar-refractivity contribution is 9.11. The summed E-state index contributed by atoms with van der Waals surface area (Å²) in [7, 11) is -2.07. The summed E-state index contributed by atoms with van der Waals surface area (Å²) < 4.78 is 33.9. The van der Waals surface area contributed by atoms with Gasteiger partial charge >= 0.3 is 0 Å². The second-order valence-corrected chi connectivity index (χ2v) is 8.35. The molecule has 1 aliphatic rings. The van der Waals surface area contributed by atoms with Crippen molar-refractivity contribution in [1.29, 1.82) is 0 Å². The summed E-state index contributed by atoms with van der Waals surface area (Å²) in [6.45, 7) is 0.258. The maximum absolute atomic E-state index is 12.4. The van der Waals surface area contributed by atoms with Crippen LogP contribution in [-0.4, -0.2) is 27.7 Å². The third-order valence-electron chi connectivity index (χ3n) is 3.59. The molecule has 1 aromatic rings. The quantitative estimate of drug-likeness (QED) is 0.707. The predicted octanol–water partition coefficient (Wildman–Crippen LogP) is 2.64. The molecule has 0 aliphatic heterocycles. The lowest BCUT2D eigenvalue weighted by Gasteiger charge is -2.40. The number of rotatable bonds is 5. The number of hydrogen-bond acceptors (Lipinski definition) is 4. The standard InChI is InChI=1S/C12H16Br2N2O3S/c1-19-12(3-2-4-12)7-16-20(17,18)11-9(14)5-8(13)6-10(11)15/h5-6,16H,2-4,7,15H2,1H3. The Balaban J connectivity index is 2.23. The molecule has 5 nitrogen and oxygen atoms in total. The van der Waals surface area contributed by atoms with Gasteiger partial charge in [0.2, 0.25) is 10.0 Å². The van der Waals surface area contributed by atoms with E-state index in [1.807, 2.05) is 0 Å². The van der Waals surface area contributed by atoms with E-state index in [1.54, 1.807) is 19.2 Å². The first-order valence-electron chi connectivity index (χ1n) is 6.09. The summed E-state index contributed by atoms with van der Waals surface area (Å²) in [5, 5.41) is 0. The minimum absolute atomic E-state index is 0.0614. The SMILES string of the molecule is COC1(CNS(=O)(=O)c2c(N)cc(Br)cc2Br)CCC1. The molecule has 112 valence electrons. The van der Waals surface area contributed by atoms with Gasteiger partial charge in [-0.1, -0.05) is 15.9 Å². The van der Waals surface area contributed by atoms with Crippen LogP contribution in [0.5, 0.6) is 0 Å². The van der Waals surface area contributed by atoms with Crippen LogP contribution in [-0.2, 0) is 14.8 Å². The first kappa shape index (κ1) is 16.2. The Morgan fingerprint density at radius 2 is 2.05 bits per heavy atom. The van der Waals surface area contributed by atoms with Crippen molar-refractivity contribution in [3.63, 3.8) is 0 Å². The van der Waals surface area contributed by atoms with Crippen molar-refractivity contribution in [3.8, 4) is 0 Å². The van der Waals surface area contributed by atoms with Crippen molar-refractivity contribution in [1.82, 2.24) is 4.72 Å². The number of nitrogens with one attached hydrogen (secondary N) is 1. The predicted molar refractivity (Wildman–Crippen MR) is 85.0 cm³/mol. The summed E-state index contributed by atoms with van der Waals surface area (Å²) >= 11 is 6.51. The van der Waals surface area contributed by atoms with Gasteiger partial charge in [0.05, 0.1) is 11.3 Å². The van der Waals surface area contributed by atoms with Crippen LogP contribution in [0.4, 0.5) is 5.69 Å². The Morgan fingerprint density at radius 3 is 2.50 bits per heavy atom. The van der Waals surface area contributed by atoms with E-state index >= 15 is 0 Å². The number of nitrogens with two attached hydrogens (primary N) is 1. The lowest BCUT2D eigenvalue weighted by Crippen LogP contribution is -2.49. The first-order chi connectivity index (χ1) is 9.30. The van der Waals surface area contributed by atoms with Crippen LogP contribution in [0.3, 0.4) is 0 Å². The largest absolute Gasteiger partial charge is 0.398 e. The maximum Gasteiger partial charge on any atom is 0.243 e. The third kappa shape index (κ3) is 3.19. The number of benzene rings is 1. The van der Waals surface area contributed by atoms with Crippen LogP contribution in [0.1, 0.15) is 19.3 Å². The number of nitrogen functional groups attached to an aromatic ring is 1. The molecule has 0 saturated heterocycles. The second-order valence-electron chi connectivity index (χ2n) is 4.87. The van der Waals surface area contributed by atoms with Gasteiger partial charge in [0.15, 0.2) is 0 Å². The van der Waals surface area contributed by atoms with Crippen molar-refractivity contribution in [3.05, 3.63) is 21.1 Å². The molecule has 0 bridgehead atoms. The molecule has 0 aromatic heterocycles. The van der Waals surface area contributed by atoms with Crippen LogP contribution < -0.4 is 10.5 Å². The van der Waals surface area contributed by atoms with Crippen LogP contribution in [0, 0.1) is 0 Å². The number of hydrogen-bond donors (Lipinski definition) is 2. The summed E-state index contributed by atoms with van der Waals surface area (Å²) in [6.07, 6.45) is 2.78. The molecule has 0 amide bonds. The lowest BCUT2D eigenvalue weighted by atomic mass is 9.80. The fourth-order valence-corrected chi connectivity index (χ4v) is 5.37. The number of ether oxygens (including phenoxy) is 1. The zero-order valence-electron chi connectivity index (χ0n) is 10.9. The molecule has 20 heavy (non-hydrogen) atoms. The molecule has 0 heterocycles. The van der Waals surface area contributed by atoms with E-state index in [0.29, 0.717) is 8.95 Å². The minimum atomic E-state index is -3.68. The van der Waals surface area contributed by atoms with Gasteiger partial charge in [-0.25, -0.2) is 13.1 Å². The molecular formula is C12H16Br2N2O3S. The van der Waals surface area contributed by atoms with Crippen LogP contribution in [0.2, 0.25) is 0 Å². The van der Waals surface area contributed by atoms with E-state index in [-0.39, 0.29) is 22.7 Å². The van der Waals surface area contributed by atoms with Crippen molar-refractivity contribution in [2.24, 2.45) is 0 Å².